The molecule has 148 valence electrons. The van der Waals surface area contributed by atoms with Crippen LogP contribution in [-0.2, 0) is 17.7 Å². The number of halogens is 1. The summed E-state index contributed by atoms with van der Waals surface area (Å²) in [6.07, 6.45) is 2.14. The molecular weight excluding hydrogens is 439 g/mol. The van der Waals surface area contributed by atoms with Crippen LogP contribution < -0.4 is 10.6 Å². The zero-order chi connectivity index (χ0) is 17.9. The van der Waals surface area contributed by atoms with Gasteiger partial charge >= 0.3 is 0 Å². The summed E-state index contributed by atoms with van der Waals surface area (Å²) < 4.78 is 5.37. The molecule has 1 heterocycles. The Morgan fingerprint density at radius 3 is 2.73 bits per heavy atom. The fraction of sp³-hybridized carbons (Fsp3) is 0.650. The second kappa shape index (κ2) is 13.3. The molecule has 0 aromatic heterocycles. The molecule has 0 fully saturated rings. The Bertz CT molecular complexity index is 538. The van der Waals surface area contributed by atoms with Gasteiger partial charge in [0.1, 0.15) is 0 Å². The SMILES string of the molecule is CCNC(=NCC(C)N1CCc2ccccc2C1)NCCCOCC.I. The summed E-state index contributed by atoms with van der Waals surface area (Å²) in [5.41, 5.74) is 2.96. The number of hydrogen-bond donors (Lipinski definition) is 2. The fourth-order valence-corrected chi connectivity index (χ4v) is 3.10. The molecule has 0 saturated heterocycles. The molecule has 1 atom stereocenters. The molecule has 0 amide bonds. The van der Waals surface area contributed by atoms with Gasteiger partial charge in [0.15, 0.2) is 5.96 Å². The molecule has 2 N–H and O–H groups in total. The minimum atomic E-state index is 0. The predicted molar refractivity (Wildman–Crippen MR) is 121 cm³/mol. The summed E-state index contributed by atoms with van der Waals surface area (Å²) in [4.78, 5) is 7.31. The number of fused-ring (bicyclic) bond motifs is 1. The maximum absolute atomic E-state index is 5.37. The van der Waals surface area contributed by atoms with Crippen LogP contribution in [0.1, 0.15) is 38.3 Å². The molecule has 26 heavy (non-hydrogen) atoms. The number of hydrogen-bond acceptors (Lipinski definition) is 3. The lowest BCUT2D eigenvalue weighted by molar-refractivity contribution is 0.145. The predicted octanol–water partition coefficient (Wildman–Crippen LogP) is 3.03. The summed E-state index contributed by atoms with van der Waals surface area (Å²) in [6, 6.07) is 9.22. The van der Waals surface area contributed by atoms with Gasteiger partial charge in [-0.3, -0.25) is 9.89 Å². The van der Waals surface area contributed by atoms with Crippen LogP contribution in [0.4, 0.5) is 0 Å². The number of guanidine groups is 1. The monoisotopic (exact) mass is 474 g/mol. The Morgan fingerprint density at radius 1 is 1.23 bits per heavy atom. The molecule has 2 rings (SSSR count). The largest absolute Gasteiger partial charge is 0.382 e. The van der Waals surface area contributed by atoms with Gasteiger partial charge in [-0.05, 0) is 44.7 Å². The maximum atomic E-state index is 5.37. The average Bonchev–Trinajstić information content (AvgIpc) is 2.65. The Balaban J connectivity index is 0.00000338. The van der Waals surface area contributed by atoms with Gasteiger partial charge in [0.05, 0.1) is 6.54 Å². The van der Waals surface area contributed by atoms with Crippen molar-refractivity contribution in [3.8, 4) is 0 Å². The molecule has 1 aliphatic heterocycles. The Labute approximate surface area is 176 Å². The van der Waals surface area contributed by atoms with Gasteiger partial charge in [-0.15, -0.1) is 24.0 Å². The lowest BCUT2D eigenvalue weighted by atomic mass is 9.99. The minimum absolute atomic E-state index is 0. The van der Waals surface area contributed by atoms with Crippen molar-refractivity contribution >= 4 is 29.9 Å². The van der Waals surface area contributed by atoms with Crippen molar-refractivity contribution in [2.75, 3.05) is 39.4 Å². The van der Waals surface area contributed by atoms with E-state index in [1.54, 1.807) is 0 Å². The first-order valence-electron chi connectivity index (χ1n) is 9.65. The fourth-order valence-electron chi connectivity index (χ4n) is 3.10. The third-order valence-electron chi connectivity index (χ3n) is 4.60. The molecule has 1 aliphatic rings. The number of benzene rings is 1. The van der Waals surface area contributed by atoms with Gasteiger partial charge in [-0.1, -0.05) is 24.3 Å². The summed E-state index contributed by atoms with van der Waals surface area (Å²) >= 11 is 0. The highest BCUT2D eigenvalue weighted by molar-refractivity contribution is 14.0. The van der Waals surface area contributed by atoms with Crippen LogP contribution in [0, 0.1) is 0 Å². The molecule has 0 saturated carbocycles. The van der Waals surface area contributed by atoms with Crippen LogP contribution in [0.2, 0.25) is 0 Å². The lowest BCUT2D eigenvalue weighted by Crippen LogP contribution is -2.42. The van der Waals surface area contributed by atoms with Crippen LogP contribution >= 0.6 is 24.0 Å². The van der Waals surface area contributed by atoms with Crippen LogP contribution in [-0.4, -0.2) is 56.3 Å². The summed E-state index contributed by atoms with van der Waals surface area (Å²) in [5.74, 6) is 0.906. The number of ether oxygens (including phenoxy) is 1. The van der Waals surface area contributed by atoms with Gasteiger partial charge < -0.3 is 15.4 Å². The Morgan fingerprint density at radius 2 is 2.00 bits per heavy atom. The molecule has 0 spiro atoms. The first-order valence-corrected chi connectivity index (χ1v) is 9.65. The van der Waals surface area contributed by atoms with E-state index in [9.17, 15) is 0 Å². The average molecular weight is 474 g/mol. The second-order valence-electron chi connectivity index (χ2n) is 6.54. The number of nitrogens with one attached hydrogen (secondary N) is 2. The van der Waals surface area contributed by atoms with E-state index >= 15 is 0 Å². The third kappa shape index (κ3) is 7.80. The molecule has 5 nitrogen and oxygen atoms in total. The standard InChI is InChI=1S/C20H34N4O.HI/c1-4-21-20(22-12-8-14-25-5-2)23-15-17(3)24-13-11-18-9-6-7-10-19(18)16-24;/h6-7,9-10,17H,4-5,8,11-16H2,1-3H3,(H2,21,22,23);1H. The maximum Gasteiger partial charge on any atom is 0.191 e. The van der Waals surface area contributed by atoms with E-state index in [0.717, 1.165) is 64.7 Å². The minimum Gasteiger partial charge on any atom is -0.382 e. The van der Waals surface area contributed by atoms with E-state index in [1.165, 1.54) is 11.1 Å². The highest BCUT2D eigenvalue weighted by atomic mass is 127. The quantitative estimate of drug-likeness (QED) is 0.250. The van der Waals surface area contributed by atoms with Crippen molar-refractivity contribution in [1.29, 1.82) is 0 Å². The molecule has 0 aliphatic carbocycles. The van der Waals surface area contributed by atoms with Crippen molar-refractivity contribution in [1.82, 2.24) is 15.5 Å². The molecule has 0 bridgehead atoms. The normalized spacial score (nSPS) is 15.7. The molecule has 1 aromatic rings. The molecule has 0 radical (unpaired) electrons. The molecular formula is C20H35IN4O. The van der Waals surface area contributed by atoms with Crippen molar-refractivity contribution in [3.05, 3.63) is 35.4 Å². The first kappa shape index (κ1) is 23.2. The van der Waals surface area contributed by atoms with Gasteiger partial charge in [-0.2, -0.15) is 0 Å². The van der Waals surface area contributed by atoms with E-state index in [0.29, 0.717) is 6.04 Å². The lowest BCUT2D eigenvalue weighted by Gasteiger charge is -2.33. The summed E-state index contributed by atoms with van der Waals surface area (Å²) in [6.45, 7) is 12.7. The van der Waals surface area contributed by atoms with E-state index in [-0.39, 0.29) is 24.0 Å². The van der Waals surface area contributed by atoms with Crippen LogP contribution in [0.5, 0.6) is 0 Å². The van der Waals surface area contributed by atoms with E-state index in [4.69, 9.17) is 9.73 Å². The van der Waals surface area contributed by atoms with Gasteiger partial charge in [0.25, 0.3) is 0 Å². The Hall–Kier alpha value is -0.860. The zero-order valence-corrected chi connectivity index (χ0v) is 18.8. The highest BCUT2D eigenvalue weighted by Gasteiger charge is 2.20. The van der Waals surface area contributed by atoms with Gasteiger partial charge in [-0.25, -0.2) is 0 Å². The highest BCUT2D eigenvalue weighted by Crippen LogP contribution is 2.20. The van der Waals surface area contributed by atoms with E-state index < -0.39 is 0 Å². The van der Waals surface area contributed by atoms with Crippen molar-refractivity contribution < 1.29 is 4.74 Å². The van der Waals surface area contributed by atoms with Crippen molar-refractivity contribution in [2.45, 2.75) is 46.2 Å². The van der Waals surface area contributed by atoms with Crippen LogP contribution in [0.25, 0.3) is 0 Å². The van der Waals surface area contributed by atoms with Gasteiger partial charge in [0.2, 0.25) is 0 Å². The molecule has 1 unspecified atom stereocenters. The molecule has 6 heteroatoms. The van der Waals surface area contributed by atoms with E-state index in [1.807, 2.05) is 6.92 Å². The Kier molecular flexibility index (Phi) is 11.9. The number of nitrogens with zero attached hydrogens (tertiary/aromatic N) is 2. The van der Waals surface area contributed by atoms with Crippen LogP contribution in [0.15, 0.2) is 29.3 Å². The number of aliphatic imine (C=N–C) groups is 1. The van der Waals surface area contributed by atoms with Gasteiger partial charge in [0, 0.05) is 45.4 Å². The second-order valence-corrected chi connectivity index (χ2v) is 6.54. The van der Waals surface area contributed by atoms with E-state index in [2.05, 4.69) is 53.6 Å². The zero-order valence-electron chi connectivity index (χ0n) is 16.5. The first-order chi connectivity index (χ1) is 12.2. The van der Waals surface area contributed by atoms with Crippen LogP contribution in [0.3, 0.4) is 0 Å². The third-order valence-corrected chi connectivity index (χ3v) is 4.60. The summed E-state index contributed by atoms with van der Waals surface area (Å²) in [7, 11) is 0. The number of rotatable bonds is 9. The topological polar surface area (TPSA) is 48.9 Å². The molecule has 1 aromatic carbocycles. The summed E-state index contributed by atoms with van der Waals surface area (Å²) in [5, 5.41) is 6.72. The van der Waals surface area contributed by atoms with Crippen molar-refractivity contribution in [2.24, 2.45) is 4.99 Å². The smallest absolute Gasteiger partial charge is 0.191 e. The van der Waals surface area contributed by atoms with Crippen molar-refractivity contribution in [3.63, 3.8) is 0 Å².